The third-order valence-electron chi connectivity index (χ3n) is 3.22. The Balaban J connectivity index is 2.43. The van der Waals surface area contributed by atoms with Gasteiger partial charge in [0, 0.05) is 13.1 Å². The molecule has 20 heavy (non-hydrogen) atoms. The van der Waals surface area contributed by atoms with Crippen LogP contribution in [0.2, 0.25) is 0 Å². The highest BCUT2D eigenvalue weighted by Gasteiger charge is 2.46. The summed E-state index contributed by atoms with van der Waals surface area (Å²) in [5, 5.41) is 7.51. The zero-order valence-electron chi connectivity index (χ0n) is 11.2. The van der Waals surface area contributed by atoms with Crippen molar-refractivity contribution in [3.8, 4) is 0 Å². The second kappa shape index (κ2) is 4.97. The van der Waals surface area contributed by atoms with E-state index in [9.17, 15) is 18.0 Å². The molecule has 0 saturated carbocycles. The fourth-order valence-corrected chi connectivity index (χ4v) is 2.15. The summed E-state index contributed by atoms with van der Waals surface area (Å²) in [6, 6.07) is -2.15. The highest BCUT2D eigenvalue weighted by Crippen LogP contribution is 2.40. The SMILES string of the molecule is CON(C)C(=O)c1cnn2c1N[C@@H](C)C[C@H]2C(F)(F)F. The van der Waals surface area contributed by atoms with Crippen molar-refractivity contribution in [3.63, 3.8) is 0 Å². The molecule has 1 aromatic heterocycles. The highest BCUT2D eigenvalue weighted by molar-refractivity contribution is 5.98. The number of rotatable bonds is 2. The first-order valence-electron chi connectivity index (χ1n) is 5.98. The third-order valence-corrected chi connectivity index (χ3v) is 3.22. The molecule has 1 amide bonds. The van der Waals surface area contributed by atoms with Gasteiger partial charge >= 0.3 is 6.18 Å². The molecule has 0 bridgehead atoms. The smallest absolute Gasteiger partial charge is 0.367 e. The van der Waals surface area contributed by atoms with Gasteiger partial charge in [-0.25, -0.2) is 9.75 Å². The summed E-state index contributed by atoms with van der Waals surface area (Å²) in [7, 11) is 2.67. The Morgan fingerprint density at radius 1 is 1.60 bits per heavy atom. The molecule has 0 spiro atoms. The molecular weight excluding hydrogens is 277 g/mol. The van der Waals surface area contributed by atoms with Crippen LogP contribution in [-0.4, -0.2) is 47.1 Å². The monoisotopic (exact) mass is 292 g/mol. The van der Waals surface area contributed by atoms with E-state index in [4.69, 9.17) is 4.84 Å². The van der Waals surface area contributed by atoms with E-state index in [-0.39, 0.29) is 17.8 Å². The molecule has 0 fully saturated rings. The number of nitrogens with one attached hydrogen (secondary N) is 1. The summed E-state index contributed by atoms with van der Waals surface area (Å²) < 4.78 is 39.9. The van der Waals surface area contributed by atoms with E-state index < -0.39 is 24.2 Å². The van der Waals surface area contributed by atoms with Crippen LogP contribution in [0.15, 0.2) is 6.20 Å². The van der Waals surface area contributed by atoms with E-state index in [1.807, 2.05) is 0 Å². The molecule has 1 aliphatic heterocycles. The van der Waals surface area contributed by atoms with Gasteiger partial charge in [0.25, 0.3) is 5.91 Å². The van der Waals surface area contributed by atoms with Crippen LogP contribution in [-0.2, 0) is 4.84 Å². The van der Waals surface area contributed by atoms with E-state index >= 15 is 0 Å². The van der Waals surface area contributed by atoms with E-state index in [2.05, 4.69) is 10.4 Å². The van der Waals surface area contributed by atoms with Crippen LogP contribution in [0.1, 0.15) is 29.7 Å². The molecule has 0 unspecified atom stereocenters. The largest absolute Gasteiger partial charge is 0.410 e. The Bertz CT molecular complexity index is 514. The van der Waals surface area contributed by atoms with E-state index in [0.717, 1.165) is 15.9 Å². The first-order valence-corrected chi connectivity index (χ1v) is 5.98. The summed E-state index contributed by atoms with van der Waals surface area (Å²) in [4.78, 5) is 16.7. The van der Waals surface area contributed by atoms with Crippen LogP contribution >= 0.6 is 0 Å². The first kappa shape index (κ1) is 14.6. The lowest BCUT2D eigenvalue weighted by atomic mass is 10.1. The van der Waals surface area contributed by atoms with Crippen LogP contribution in [0, 0.1) is 0 Å². The maximum absolute atomic E-state index is 13.0. The summed E-state index contributed by atoms with van der Waals surface area (Å²) in [6.07, 6.45) is -3.42. The maximum atomic E-state index is 13.0. The molecule has 1 aliphatic rings. The average Bonchev–Trinajstić information content (AvgIpc) is 2.78. The predicted octanol–water partition coefficient (Wildman–Crippen LogP) is 1.82. The minimum absolute atomic E-state index is 0.0511. The number of halogens is 3. The number of hydroxylamine groups is 2. The van der Waals surface area contributed by atoms with Gasteiger partial charge in [-0.15, -0.1) is 0 Å². The predicted molar refractivity (Wildman–Crippen MR) is 64.1 cm³/mol. The lowest BCUT2D eigenvalue weighted by Gasteiger charge is -2.32. The van der Waals surface area contributed by atoms with Gasteiger partial charge in [0.1, 0.15) is 11.4 Å². The van der Waals surface area contributed by atoms with Crippen molar-refractivity contribution in [3.05, 3.63) is 11.8 Å². The molecule has 0 aromatic carbocycles. The molecule has 112 valence electrons. The van der Waals surface area contributed by atoms with Crippen molar-refractivity contribution in [2.75, 3.05) is 19.5 Å². The number of nitrogens with zero attached hydrogens (tertiary/aromatic N) is 3. The van der Waals surface area contributed by atoms with Gasteiger partial charge in [0.2, 0.25) is 0 Å². The Morgan fingerprint density at radius 3 is 2.80 bits per heavy atom. The van der Waals surface area contributed by atoms with Gasteiger partial charge in [-0.05, 0) is 13.3 Å². The van der Waals surface area contributed by atoms with Gasteiger partial charge in [-0.2, -0.15) is 18.3 Å². The first-order chi connectivity index (χ1) is 9.25. The molecule has 1 aromatic rings. The van der Waals surface area contributed by atoms with Crippen molar-refractivity contribution in [1.29, 1.82) is 0 Å². The van der Waals surface area contributed by atoms with E-state index in [0.29, 0.717) is 0 Å². The lowest BCUT2D eigenvalue weighted by Crippen LogP contribution is -2.38. The Hall–Kier alpha value is -1.77. The topological polar surface area (TPSA) is 59.4 Å². The molecule has 0 radical (unpaired) electrons. The number of aromatic nitrogens is 2. The lowest BCUT2D eigenvalue weighted by molar-refractivity contribution is -0.173. The minimum Gasteiger partial charge on any atom is -0.367 e. The molecule has 9 heteroatoms. The molecule has 2 rings (SSSR count). The van der Waals surface area contributed by atoms with Crippen molar-refractivity contribution in [2.45, 2.75) is 31.6 Å². The summed E-state index contributed by atoms with van der Waals surface area (Å²) in [6.45, 7) is 1.63. The molecule has 0 aliphatic carbocycles. The van der Waals surface area contributed by atoms with E-state index in [1.165, 1.54) is 14.2 Å². The fraction of sp³-hybridized carbons (Fsp3) is 0.636. The van der Waals surface area contributed by atoms with E-state index in [1.54, 1.807) is 6.92 Å². The van der Waals surface area contributed by atoms with Gasteiger partial charge in [0.15, 0.2) is 6.04 Å². The average molecular weight is 292 g/mol. The number of amides is 1. The molecule has 2 atom stereocenters. The van der Waals surface area contributed by atoms with Crippen LogP contribution in [0.5, 0.6) is 0 Å². The van der Waals surface area contributed by atoms with Gasteiger partial charge in [-0.3, -0.25) is 9.63 Å². The number of hydrogen-bond acceptors (Lipinski definition) is 4. The Labute approximate surface area is 113 Å². The van der Waals surface area contributed by atoms with Crippen molar-refractivity contribution in [1.82, 2.24) is 14.8 Å². The second-order valence-corrected chi connectivity index (χ2v) is 4.68. The van der Waals surface area contributed by atoms with Crippen LogP contribution in [0.25, 0.3) is 0 Å². The maximum Gasteiger partial charge on any atom is 0.410 e. The zero-order valence-corrected chi connectivity index (χ0v) is 11.2. The summed E-state index contributed by atoms with van der Waals surface area (Å²) >= 11 is 0. The number of hydrogen-bond donors (Lipinski definition) is 1. The second-order valence-electron chi connectivity index (χ2n) is 4.68. The minimum atomic E-state index is -4.41. The number of anilines is 1. The molecule has 0 saturated heterocycles. The Morgan fingerprint density at radius 2 is 2.25 bits per heavy atom. The third kappa shape index (κ3) is 2.45. The molecule has 6 nitrogen and oxygen atoms in total. The highest BCUT2D eigenvalue weighted by atomic mass is 19.4. The summed E-state index contributed by atoms with van der Waals surface area (Å²) in [5.41, 5.74) is 0.0511. The van der Waals surface area contributed by atoms with Crippen molar-refractivity contribution >= 4 is 11.7 Å². The van der Waals surface area contributed by atoms with Gasteiger partial charge in [-0.1, -0.05) is 0 Å². The van der Waals surface area contributed by atoms with Crippen molar-refractivity contribution in [2.24, 2.45) is 0 Å². The number of fused-ring (bicyclic) bond motifs is 1. The van der Waals surface area contributed by atoms with Crippen molar-refractivity contribution < 1.29 is 22.8 Å². The number of carbonyl (C=O) groups excluding carboxylic acids is 1. The Kier molecular flexibility index (Phi) is 3.63. The number of alkyl halides is 3. The van der Waals surface area contributed by atoms with Gasteiger partial charge < -0.3 is 5.32 Å². The normalized spacial score (nSPS) is 22.1. The fourth-order valence-electron chi connectivity index (χ4n) is 2.15. The zero-order chi connectivity index (χ0) is 15.1. The summed E-state index contributed by atoms with van der Waals surface area (Å²) in [5.74, 6) is -0.490. The molecular formula is C11H15F3N4O2. The van der Waals surface area contributed by atoms with Crippen LogP contribution in [0.4, 0.5) is 19.0 Å². The van der Waals surface area contributed by atoms with Crippen LogP contribution < -0.4 is 5.32 Å². The van der Waals surface area contributed by atoms with Gasteiger partial charge in [0.05, 0.1) is 13.3 Å². The quantitative estimate of drug-likeness (QED) is 0.845. The molecule has 2 heterocycles. The van der Waals surface area contributed by atoms with Crippen LogP contribution in [0.3, 0.4) is 0 Å². The standard InChI is InChI=1S/C11H15F3N4O2/c1-6-4-8(11(12,13)14)18-9(16-6)7(5-15-18)10(19)17(2)20-3/h5-6,8,16H,4H2,1-3H3/t6-,8-/m0/s1. The number of carbonyl (C=O) groups is 1. The molecule has 1 N–H and O–H groups in total.